The van der Waals surface area contributed by atoms with Crippen LogP contribution in [0.4, 0.5) is 5.69 Å². The minimum atomic E-state index is -0.292. The largest absolute Gasteiger partial charge is 0.310 e. The second kappa shape index (κ2) is 3.31. The first kappa shape index (κ1) is 10.1. The van der Waals surface area contributed by atoms with Gasteiger partial charge in [-0.3, -0.25) is 10.1 Å². The lowest BCUT2D eigenvalue weighted by Gasteiger charge is -2.17. The molecule has 1 aliphatic carbocycles. The fourth-order valence-electron chi connectivity index (χ4n) is 2.18. The molecule has 1 saturated carbocycles. The Morgan fingerprint density at radius 3 is 2.60 bits per heavy atom. The lowest BCUT2D eigenvalue weighted by molar-refractivity contribution is -0.386. The van der Waals surface area contributed by atoms with Crippen molar-refractivity contribution in [2.45, 2.75) is 25.3 Å². The maximum Gasteiger partial charge on any atom is 0.274 e. The third kappa shape index (κ3) is 1.51. The summed E-state index contributed by atoms with van der Waals surface area (Å²) in [6.07, 6.45) is 1.96. The van der Waals surface area contributed by atoms with Crippen molar-refractivity contribution in [1.82, 2.24) is 5.32 Å². The summed E-state index contributed by atoms with van der Waals surface area (Å²) in [7, 11) is 1.86. The lowest BCUT2D eigenvalue weighted by atomic mass is 9.97. The standard InChI is InChI=1S/C11H14N2O2/c1-8-4-3-5-9(13(14)15)10(8)11(12-2)6-7-11/h3-5,12H,6-7H2,1-2H3. The predicted octanol–water partition coefficient (Wildman–Crippen LogP) is 2.11. The molecule has 1 N–H and O–H groups in total. The van der Waals surface area contributed by atoms with Crippen molar-refractivity contribution in [2.24, 2.45) is 0 Å². The van der Waals surface area contributed by atoms with E-state index in [9.17, 15) is 10.1 Å². The van der Waals surface area contributed by atoms with Crippen LogP contribution in [-0.4, -0.2) is 12.0 Å². The molecule has 4 nitrogen and oxygen atoms in total. The second-order valence-electron chi connectivity index (χ2n) is 4.06. The Morgan fingerprint density at radius 1 is 1.47 bits per heavy atom. The van der Waals surface area contributed by atoms with Gasteiger partial charge in [-0.1, -0.05) is 12.1 Å². The third-order valence-electron chi connectivity index (χ3n) is 3.15. The maximum atomic E-state index is 10.9. The molecule has 0 spiro atoms. The number of nitrogens with zero attached hydrogens (tertiary/aromatic N) is 1. The summed E-state index contributed by atoms with van der Waals surface area (Å²) in [4.78, 5) is 10.7. The molecule has 2 rings (SSSR count). The van der Waals surface area contributed by atoms with Gasteiger partial charge in [-0.2, -0.15) is 0 Å². The SMILES string of the molecule is CNC1(c2c(C)cccc2[N+](=O)[O-])CC1. The van der Waals surface area contributed by atoms with Gasteiger partial charge in [-0.05, 0) is 32.4 Å². The molecule has 0 unspecified atom stereocenters. The van der Waals surface area contributed by atoms with Crippen molar-refractivity contribution in [1.29, 1.82) is 0 Å². The number of hydrogen-bond acceptors (Lipinski definition) is 3. The average molecular weight is 206 g/mol. The number of nitro groups is 1. The second-order valence-corrected chi connectivity index (χ2v) is 4.06. The molecule has 4 heteroatoms. The topological polar surface area (TPSA) is 55.2 Å². The summed E-state index contributed by atoms with van der Waals surface area (Å²) < 4.78 is 0. The van der Waals surface area contributed by atoms with Gasteiger partial charge in [-0.15, -0.1) is 0 Å². The highest BCUT2D eigenvalue weighted by molar-refractivity contribution is 5.52. The molecule has 1 fully saturated rings. The van der Waals surface area contributed by atoms with E-state index in [2.05, 4.69) is 5.32 Å². The molecule has 0 heterocycles. The van der Waals surface area contributed by atoms with Crippen molar-refractivity contribution in [2.75, 3.05) is 7.05 Å². The first-order valence-corrected chi connectivity index (χ1v) is 5.04. The number of nitro benzene ring substituents is 1. The Bertz CT molecular complexity index is 411. The Labute approximate surface area is 88.5 Å². The van der Waals surface area contributed by atoms with E-state index in [1.807, 2.05) is 20.0 Å². The molecular formula is C11H14N2O2. The normalized spacial score (nSPS) is 17.5. The van der Waals surface area contributed by atoms with Crippen LogP contribution in [0.1, 0.15) is 24.0 Å². The van der Waals surface area contributed by atoms with Crippen LogP contribution in [0, 0.1) is 17.0 Å². The van der Waals surface area contributed by atoms with E-state index in [0.29, 0.717) is 0 Å². The van der Waals surface area contributed by atoms with Gasteiger partial charge >= 0.3 is 0 Å². The zero-order valence-corrected chi connectivity index (χ0v) is 8.91. The zero-order chi connectivity index (χ0) is 11.1. The molecule has 1 aromatic carbocycles. The first-order valence-electron chi connectivity index (χ1n) is 5.04. The fraction of sp³-hybridized carbons (Fsp3) is 0.455. The molecule has 0 bridgehead atoms. The number of nitrogens with one attached hydrogen (secondary N) is 1. The number of aryl methyl sites for hydroxylation is 1. The Morgan fingerprint density at radius 2 is 2.13 bits per heavy atom. The van der Waals surface area contributed by atoms with Gasteiger partial charge in [0.1, 0.15) is 0 Å². The summed E-state index contributed by atoms with van der Waals surface area (Å²) in [5.74, 6) is 0. The van der Waals surface area contributed by atoms with Crippen LogP contribution in [-0.2, 0) is 5.54 Å². The van der Waals surface area contributed by atoms with Crippen LogP contribution in [0.2, 0.25) is 0 Å². The molecule has 0 saturated heterocycles. The Balaban J connectivity index is 2.58. The highest BCUT2D eigenvalue weighted by atomic mass is 16.6. The van der Waals surface area contributed by atoms with E-state index in [1.54, 1.807) is 12.1 Å². The van der Waals surface area contributed by atoms with Crippen molar-refractivity contribution in [3.05, 3.63) is 39.4 Å². The smallest absolute Gasteiger partial charge is 0.274 e. The molecule has 80 valence electrons. The highest BCUT2D eigenvalue weighted by Gasteiger charge is 2.47. The quantitative estimate of drug-likeness (QED) is 0.608. The minimum Gasteiger partial charge on any atom is -0.310 e. The van der Waals surface area contributed by atoms with Gasteiger partial charge in [0, 0.05) is 6.07 Å². The predicted molar refractivity (Wildman–Crippen MR) is 57.8 cm³/mol. The molecule has 1 aromatic rings. The van der Waals surface area contributed by atoms with Crippen molar-refractivity contribution in [3.63, 3.8) is 0 Å². The number of benzene rings is 1. The first-order chi connectivity index (χ1) is 7.10. The summed E-state index contributed by atoms with van der Waals surface area (Å²) in [6.45, 7) is 1.93. The van der Waals surface area contributed by atoms with Gasteiger partial charge < -0.3 is 5.32 Å². The Hall–Kier alpha value is -1.42. The third-order valence-corrected chi connectivity index (χ3v) is 3.15. The molecule has 0 amide bonds. The van der Waals surface area contributed by atoms with Crippen LogP contribution < -0.4 is 5.32 Å². The van der Waals surface area contributed by atoms with Crippen LogP contribution >= 0.6 is 0 Å². The monoisotopic (exact) mass is 206 g/mol. The van der Waals surface area contributed by atoms with Gasteiger partial charge in [0.15, 0.2) is 0 Å². The van der Waals surface area contributed by atoms with Crippen molar-refractivity contribution in [3.8, 4) is 0 Å². The molecule has 0 aliphatic heterocycles. The summed E-state index contributed by atoms with van der Waals surface area (Å²) >= 11 is 0. The van der Waals surface area contributed by atoms with Crippen LogP contribution in [0.3, 0.4) is 0 Å². The molecular weight excluding hydrogens is 192 g/mol. The van der Waals surface area contributed by atoms with E-state index in [-0.39, 0.29) is 16.1 Å². The van der Waals surface area contributed by atoms with E-state index < -0.39 is 0 Å². The van der Waals surface area contributed by atoms with Crippen LogP contribution in [0.5, 0.6) is 0 Å². The van der Waals surface area contributed by atoms with Crippen molar-refractivity contribution < 1.29 is 4.92 Å². The zero-order valence-electron chi connectivity index (χ0n) is 8.91. The average Bonchev–Trinajstić information content (AvgIpc) is 2.98. The maximum absolute atomic E-state index is 10.9. The number of hydrogen-bond donors (Lipinski definition) is 1. The van der Waals surface area contributed by atoms with Crippen molar-refractivity contribution >= 4 is 5.69 Å². The van der Waals surface area contributed by atoms with E-state index in [1.165, 1.54) is 0 Å². The summed E-state index contributed by atoms with van der Waals surface area (Å²) in [5, 5.41) is 14.1. The highest BCUT2D eigenvalue weighted by Crippen LogP contribution is 2.49. The van der Waals surface area contributed by atoms with Gasteiger partial charge in [-0.25, -0.2) is 0 Å². The Kier molecular flexibility index (Phi) is 2.23. The van der Waals surface area contributed by atoms with E-state index in [0.717, 1.165) is 24.0 Å². The van der Waals surface area contributed by atoms with Gasteiger partial charge in [0.25, 0.3) is 5.69 Å². The van der Waals surface area contributed by atoms with Crippen LogP contribution in [0.15, 0.2) is 18.2 Å². The molecule has 0 aromatic heterocycles. The summed E-state index contributed by atoms with van der Waals surface area (Å²) in [5.41, 5.74) is 1.95. The molecule has 15 heavy (non-hydrogen) atoms. The molecule has 0 radical (unpaired) electrons. The van der Waals surface area contributed by atoms with E-state index in [4.69, 9.17) is 0 Å². The summed E-state index contributed by atoms with van der Waals surface area (Å²) in [6, 6.07) is 5.25. The molecule has 1 aliphatic rings. The minimum absolute atomic E-state index is 0.145. The fourth-order valence-corrected chi connectivity index (χ4v) is 2.18. The van der Waals surface area contributed by atoms with E-state index >= 15 is 0 Å². The molecule has 0 atom stereocenters. The lowest BCUT2D eigenvalue weighted by Crippen LogP contribution is -2.26. The van der Waals surface area contributed by atoms with Crippen LogP contribution in [0.25, 0.3) is 0 Å². The van der Waals surface area contributed by atoms with Gasteiger partial charge in [0.2, 0.25) is 0 Å². The number of rotatable bonds is 3. The van der Waals surface area contributed by atoms with Gasteiger partial charge in [0.05, 0.1) is 16.0 Å².